The van der Waals surface area contributed by atoms with Gasteiger partial charge in [-0.1, -0.05) is 43.3 Å². The summed E-state index contributed by atoms with van der Waals surface area (Å²) in [5, 5.41) is 11.8. The molecule has 0 amide bonds. The minimum atomic E-state index is 0.537. The first-order valence-corrected chi connectivity index (χ1v) is 9.17. The number of fused-ring (bicyclic) bond motifs is 1. The van der Waals surface area contributed by atoms with Crippen molar-refractivity contribution in [3.8, 4) is 0 Å². The SMILES string of the molecule is CCc1cccc(C)c1Nc1nncc(N2CCCc3ccccc32)n1. The van der Waals surface area contributed by atoms with Crippen LogP contribution >= 0.6 is 0 Å². The fourth-order valence-electron chi connectivity index (χ4n) is 3.56. The Bertz CT molecular complexity index is 922. The first kappa shape index (κ1) is 16.5. The molecule has 0 aliphatic carbocycles. The minimum absolute atomic E-state index is 0.537. The molecule has 2 aromatic carbocycles. The van der Waals surface area contributed by atoms with Crippen LogP contribution in [-0.4, -0.2) is 21.7 Å². The van der Waals surface area contributed by atoms with Gasteiger partial charge < -0.3 is 10.2 Å². The van der Waals surface area contributed by atoms with Gasteiger partial charge in [0.15, 0.2) is 5.82 Å². The Morgan fingerprint density at radius 3 is 2.88 bits per heavy atom. The maximum Gasteiger partial charge on any atom is 0.249 e. The summed E-state index contributed by atoms with van der Waals surface area (Å²) >= 11 is 0. The van der Waals surface area contributed by atoms with Gasteiger partial charge in [0.25, 0.3) is 0 Å². The molecule has 1 aliphatic rings. The van der Waals surface area contributed by atoms with Gasteiger partial charge in [-0.05, 0) is 48.9 Å². The molecule has 5 heteroatoms. The van der Waals surface area contributed by atoms with Crippen LogP contribution in [0.1, 0.15) is 30.0 Å². The molecule has 0 atom stereocenters. The van der Waals surface area contributed by atoms with Gasteiger partial charge in [0.1, 0.15) is 0 Å². The number of benzene rings is 2. The molecular weight excluding hydrogens is 322 g/mol. The summed E-state index contributed by atoms with van der Waals surface area (Å²) in [6.07, 6.45) is 4.92. The third-order valence-electron chi connectivity index (χ3n) is 4.91. The number of hydrogen-bond acceptors (Lipinski definition) is 5. The van der Waals surface area contributed by atoms with Crippen LogP contribution in [-0.2, 0) is 12.8 Å². The number of para-hydroxylation sites is 2. The van der Waals surface area contributed by atoms with Crippen molar-refractivity contribution in [1.82, 2.24) is 15.2 Å². The Morgan fingerprint density at radius 2 is 2.00 bits per heavy atom. The molecular formula is C21H23N5. The van der Waals surface area contributed by atoms with Crippen molar-refractivity contribution in [2.45, 2.75) is 33.1 Å². The third-order valence-corrected chi connectivity index (χ3v) is 4.91. The van der Waals surface area contributed by atoms with Gasteiger partial charge >= 0.3 is 0 Å². The molecule has 1 aromatic heterocycles. The van der Waals surface area contributed by atoms with E-state index in [4.69, 9.17) is 4.98 Å². The molecule has 0 saturated carbocycles. The van der Waals surface area contributed by atoms with Crippen molar-refractivity contribution >= 4 is 23.1 Å². The van der Waals surface area contributed by atoms with Crippen LogP contribution in [0.25, 0.3) is 0 Å². The lowest BCUT2D eigenvalue weighted by Gasteiger charge is -2.30. The van der Waals surface area contributed by atoms with Crippen LogP contribution in [0.15, 0.2) is 48.7 Å². The van der Waals surface area contributed by atoms with Gasteiger partial charge in [-0.25, -0.2) is 0 Å². The molecule has 0 unspecified atom stereocenters. The van der Waals surface area contributed by atoms with E-state index in [1.807, 2.05) is 0 Å². The maximum atomic E-state index is 4.75. The second kappa shape index (κ2) is 7.12. The van der Waals surface area contributed by atoms with E-state index >= 15 is 0 Å². The van der Waals surface area contributed by atoms with E-state index in [1.54, 1.807) is 6.20 Å². The molecule has 0 saturated heterocycles. The fraction of sp³-hybridized carbons (Fsp3) is 0.286. The summed E-state index contributed by atoms with van der Waals surface area (Å²) in [4.78, 5) is 6.98. The van der Waals surface area contributed by atoms with Crippen molar-refractivity contribution in [1.29, 1.82) is 0 Å². The first-order valence-electron chi connectivity index (χ1n) is 9.17. The highest BCUT2D eigenvalue weighted by Gasteiger charge is 2.19. The number of hydrogen-bond donors (Lipinski definition) is 1. The Balaban J connectivity index is 1.67. The molecule has 0 radical (unpaired) electrons. The molecule has 132 valence electrons. The number of rotatable bonds is 4. The lowest BCUT2D eigenvalue weighted by atomic mass is 10.0. The summed E-state index contributed by atoms with van der Waals surface area (Å²) in [5.41, 5.74) is 6.09. The maximum absolute atomic E-state index is 4.75. The highest BCUT2D eigenvalue weighted by atomic mass is 15.3. The highest BCUT2D eigenvalue weighted by Crippen LogP contribution is 2.32. The Labute approximate surface area is 154 Å². The van der Waals surface area contributed by atoms with E-state index in [0.717, 1.165) is 37.3 Å². The molecule has 2 heterocycles. The van der Waals surface area contributed by atoms with E-state index in [0.29, 0.717) is 5.95 Å². The monoisotopic (exact) mass is 345 g/mol. The molecule has 0 bridgehead atoms. The van der Waals surface area contributed by atoms with Crippen LogP contribution in [0.5, 0.6) is 0 Å². The summed E-state index contributed by atoms with van der Waals surface area (Å²) < 4.78 is 0. The summed E-state index contributed by atoms with van der Waals surface area (Å²) in [7, 11) is 0. The zero-order chi connectivity index (χ0) is 17.9. The van der Waals surface area contributed by atoms with Crippen LogP contribution in [0.2, 0.25) is 0 Å². The van der Waals surface area contributed by atoms with Crippen LogP contribution < -0.4 is 10.2 Å². The number of aromatic nitrogens is 3. The van der Waals surface area contributed by atoms with Gasteiger partial charge in [-0.3, -0.25) is 0 Å². The minimum Gasteiger partial charge on any atom is -0.325 e. The molecule has 0 spiro atoms. The van der Waals surface area contributed by atoms with Gasteiger partial charge in [0, 0.05) is 17.9 Å². The van der Waals surface area contributed by atoms with Crippen molar-refractivity contribution < 1.29 is 0 Å². The summed E-state index contributed by atoms with van der Waals surface area (Å²) in [5.74, 6) is 1.37. The number of nitrogens with one attached hydrogen (secondary N) is 1. The predicted molar refractivity (Wildman–Crippen MR) is 105 cm³/mol. The van der Waals surface area contributed by atoms with Crippen LogP contribution in [0.4, 0.5) is 23.1 Å². The number of anilines is 4. The number of nitrogens with zero attached hydrogens (tertiary/aromatic N) is 4. The standard InChI is InChI=1S/C21H23N5/c1-3-16-10-6-8-15(2)20(16)24-21-23-19(14-22-25-21)26-13-7-11-17-9-4-5-12-18(17)26/h4-6,8-10,12,14H,3,7,11,13H2,1-2H3,(H,23,24,25). The highest BCUT2D eigenvalue weighted by molar-refractivity contribution is 5.67. The largest absolute Gasteiger partial charge is 0.325 e. The Morgan fingerprint density at radius 1 is 1.12 bits per heavy atom. The zero-order valence-corrected chi connectivity index (χ0v) is 15.2. The van der Waals surface area contributed by atoms with Crippen LogP contribution in [0, 0.1) is 6.92 Å². The van der Waals surface area contributed by atoms with Crippen molar-refractivity contribution in [2.75, 3.05) is 16.8 Å². The van der Waals surface area contributed by atoms with E-state index in [-0.39, 0.29) is 0 Å². The predicted octanol–water partition coefficient (Wildman–Crippen LogP) is 4.57. The second-order valence-electron chi connectivity index (χ2n) is 6.61. The Hall–Kier alpha value is -2.95. The van der Waals surface area contributed by atoms with Crippen molar-refractivity contribution in [2.24, 2.45) is 0 Å². The van der Waals surface area contributed by atoms with Gasteiger partial charge in [-0.2, -0.15) is 10.1 Å². The Kier molecular flexibility index (Phi) is 4.52. The average molecular weight is 345 g/mol. The lowest BCUT2D eigenvalue weighted by molar-refractivity contribution is 0.754. The fourth-order valence-corrected chi connectivity index (χ4v) is 3.56. The normalized spacial score (nSPS) is 13.4. The van der Waals surface area contributed by atoms with E-state index in [2.05, 4.69) is 76.7 Å². The summed E-state index contributed by atoms with van der Waals surface area (Å²) in [6.45, 7) is 5.19. The summed E-state index contributed by atoms with van der Waals surface area (Å²) in [6, 6.07) is 14.8. The zero-order valence-electron chi connectivity index (χ0n) is 15.2. The lowest BCUT2D eigenvalue weighted by Crippen LogP contribution is -2.25. The topological polar surface area (TPSA) is 53.9 Å². The molecule has 0 fully saturated rings. The molecule has 3 aromatic rings. The molecule has 1 N–H and O–H groups in total. The first-order chi connectivity index (χ1) is 12.8. The second-order valence-corrected chi connectivity index (χ2v) is 6.61. The average Bonchev–Trinajstić information content (AvgIpc) is 2.69. The van der Waals surface area contributed by atoms with E-state index in [9.17, 15) is 0 Å². The van der Waals surface area contributed by atoms with E-state index in [1.165, 1.54) is 22.4 Å². The van der Waals surface area contributed by atoms with Crippen molar-refractivity contribution in [3.63, 3.8) is 0 Å². The van der Waals surface area contributed by atoms with Crippen molar-refractivity contribution in [3.05, 3.63) is 65.4 Å². The van der Waals surface area contributed by atoms with Crippen LogP contribution in [0.3, 0.4) is 0 Å². The molecule has 1 aliphatic heterocycles. The third kappa shape index (κ3) is 3.12. The smallest absolute Gasteiger partial charge is 0.249 e. The quantitative estimate of drug-likeness (QED) is 0.750. The van der Waals surface area contributed by atoms with Gasteiger partial charge in [-0.15, -0.1) is 5.10 Å². The van der Waals surface area contributed by atoms with E-state index < -0.39 is 0 Å². The molecule has 4 rings (SSSR count). The molecule has 26 heavy (non-hydrogen) atoms. The number of aryl methyl sites for hydroxylation is 3. The van der Waals surface area contributed by atoms with Gasteiger partial charge in [0.05, 0.1) is 6.20 Å². The molecule has 5 nitrogen and oxygen atoms in total. The van der Waals surface area contributed by atoms with Gasteiger partial charge in [0.2, 0.25) is 5.95 Å².